The number of rotatable bonds is 1. The van der Waals surface area contributed by atoms with Crippen molar-refractivity contribution in [2.75, 3.05) is 0 Å². The van der Waals surface area contributed by atoms with E-state index in [1.807, 2.05) is 6.92 Å². The molecule has 0 amide bonds. The molecular weight excluding hydrogens is 238 g/mol. The molecule has 2 N–H and O–H groups in total. The highest BCUT2D eigenvalue weighted by molar-refractivity contribution is 9.10. The van der Waals surface area contributed by atoms with E-state index in [1.54, 1.807) is 0 Å². The molecule has 1 nitrogen and oxygen atoms in total. The van der Waals surface area contributed by atoms with E-state index in [1.165, 1.54) is 11.1 Å². The molecule has 2 heteroatoms. The van der Waals surface area contributed by atoms with Gasteiger partial charge in [0.25, 0.3) is 0 Å². The highest BCUT2D eigenvalue weighted by atomic mass is 79.9. The van der Waals surface area contributed by atoms with Gasteiger partial charge in [-0.05, 0) is 29.5 Å². The molecule has 0 aliphatic heterocycles. The molecule has 0 fully saturated rings. The predicted molar refractivity (Wildman–Crippen MR) is 65.4 cm³/mol. The highest BCUT2D eigenvalue weighted by Gasteiger charge is 2.15. The Labute approximate surface area is 94.8 Å². The molecule has 0 heterocycles. The van der Waals surface area contributed by atoms with Crippen molar-refractivity contribution in [2.24, 2.45) is 5.73 Å². The largest absolute Gasteiger partial charge is 0.324 e. The van der Waals surface area contributed by atoms with Crippen LogP contribution in [0, 0.1) is 0 Å². The summed E-state index contributed by atoms with van der Waals surface area (Å²) in [6.45, 7) is 8.64. The van der Waals surface area contributed by atoms with Gasteiger partial charge in [-0.25, -0.2) is 0 Å². The van der Waals surface area contributed by atoms with Crippen LogP contribution in [0.3, 0.4) is 0 Å². The van der Waals surface area contributed by atoms with Crippen molar-refractivity contribution in [3.63, 3.8) is 0 Å². The van der Waals surface area contributed by atoms with Crippen LogP contribution >= 0.6 is 15.9 Å². The predicted octanol–water partition coefficient (Wildman–Crippen LogP) is 3.77. The van der Waals surface area contributed by atoms with Gasteiger partial charge in [-0.2, -0.15) is 0 Å². The number of benzene rings is 1. The van der Waals surface area contributed by atoms with Gasteiger partial charge in [0.15, 0.2) is 0 Å². The maximum atomic E-state index is 5.90. The fourth-order valence-corrected chi connectivity index (χ4v) is 1.97. The van der Waals surface area contributed by atoms with Crippen molar-refractivity contribution in [2.45, 2.75) is 39.2 Å². The Morgan fingerprint density at radius 1 is 1.29 bits per heavy atom. The Kier molecular flexibility index (Phi) is 3.38. The molecule has 0 bridgehead atoms. The molecule has 14 heavy (non-hydrogen) atoms. The van der Waals surface area contributed by atoms with E-state index < -0.39 is 0 Å². The lowest BCUT2D eigenvalue weighted by Gasteiger charge is -2.21. The summed E-state index contributed by atoms with van der Waals surface area (Å²) < 4.78 is 1.10. The van der Waals surface area contributed by atoms with Crippen molar-refractivity contribution in [1.29, 1.82) is 0 Å². The molecule has 1 unspecified atom stereocenters. The lowest BCUT2D eigenvalue weighted by molar-refractivity contribution is 0.588. The van der Waals surface area contributed by atoms with E-state index in [4.69, 9.17) is 5.73 Å². The zero-order valence-electron chi connectivity index (χ0n) is 9.26. The van der Waals surface area contributed by atoms with E-state index in [0.29, 0.717) is 0 Å². The lowest BCUT2D eigenvalue weighted by atomic mass is 9.85. The molecule has 0 saturated carbocycles. The number of hydrogen-bond donors (Lipinski definition) is 1. The second-order valence-corrected chi connectivity index (χ2v) is 5.63. The molecule has 78 valence electrons. The number of halogens is 1. The number of nitrogens with two attached hydrogens (primary N) is 1. The molecule has 0 aliphatic rings. The molecule has 0 spiro atoms. The summed E-state index contributed by atoms with van der Waals surface area (Å²) in [6, 6.07) is 6.50. The van der Waals surface area contributed by atoms with Gasteiger partial charge in [0, 0.05) is 10.5 Å². The lowest BCUT2D eigenvalue weighted by Crippen LogP contribution is -2.13. The van der Waals surface area contributed by atoms with E-state index in [0.717, 1.165) is 4.47 Å². The van der Waals surface area contributed by atoms with E-state index in [-0.39, 0.29) is 11.5 Å². The molecule has 1 atom stereocenters. The van der Waals surface area contributed by atoms with Crippen molar-refractivity contribution in [3.05, 3.63) is 33.8 Å². The summed E-state index contributed by atoms with van der Waals surface area (Å²) in [4.78, 5) is 0. The van der Waals surface area contributed by atoms with Crippen LogP contribution in [0.25, 0.3) is 0 Å². The van der Waals surface area contributed by atoms with Crippen LogP contribution in [0.5, 0.6) is 0 Å². The maximum absolute atomic E-state index is 5.90. The zero-order chi connectivity index (χ0) is 10.9. The third kappa shape index (κ3) is 2.58. The van der Waals surface area contributed by atoms with Gasteiger partial charge in [-0.3, -0.25) is 0 Å². The van der Waals surface area contributed by atoms with Crippen LogP contribution in [0.2, 0.25) is 0 Å². The maximum Gasteiger partial charge on any atom is 0.0277 e. The van der Waals surface area contributed by atoms with E-state index >= 15 is 0 Å². The molecular formula is C12H18BrN. The third-order valence-corrected chi connectivity index (χ3v) is 3.07. The first-order chi connectivity index (χ1) is 6.32. The first-order valence-electron chi connectivity index (χ1n) is 4.88. The van der Waals surface area contributed by atoms with Crippen molar-refractivity contribution >= 4 is 15.9 Å². The van der Waals surface area contributed by atoms with Crippen LogP contribution < -0.4 is 5.73 Å². The molecule has 1 aromatic carbocycles. The van der Waals surface area contributed by atoms with Crippen LogP contribution in [0.15, 0.2) is 22.7 Å². The van der Waals surface area contributed by atoms with Gasteiger partial charge in [0.1, 0.15) is 0 Å². The van der Waals surface area contributed by atoms with Gasteiger partial charge in [-0.15, -0.1) is 0 Å². The Morgan fingerprint density at radius 2 is 1.86 bits per heavy atom. The summed E-state index contributed by atoms with van der Waals surface area (Å²) in [5.74, 6) is 0. The average molecular weight is 256 g/mol. The van der Waals surface area contributed by atoms with Crippen molar-refractivity contribution in [3.8, 4) is 0 Å². The van der Waals surface area contributed by atoms with E-state index in [2.05, 4.69) is 54.9 Å². The summed E-state index contributed by atoms with van der Waals surface area (Å²) >= 11 is 3.52. The quantitative estimate of drug-likeness (QED) is 0.813. The van der Waals surface area contributed by atoms with Crippen molar-refractivity contribution in [1.82, 2.24) is 0 Å². The second kappa shape index (κ2) is 4.03. The number of hydrogen-bond acceptors (Lipinski definition) is 1. The summed E-state index contributed by atoms with van der Waals surface area (Å²) in [5, 5.41) is 0. The monoisotopic (exact) mass is 255 g/mol. The minimum atomic E-state index is 0.0756. The second-order valence-electron chi connectivity index (χ2n) is 4.77. The van der Waals surface area contributed by atoms with Gasteiger partial charge >= 0.3 is 0 Å². The fraction of sp³-hybridized carbons (Fsp3) is 0.500. The summed E-state index contributed by atoms with van der Waals surface area (Å²) in [6.07, 6.45) is 0. The van der Waals surface area contributed by atoms with Crippen molar-refractivity contribution < 1.29 is 0 Å². The minimum absolute atomic E-state index is 0.0756. The average Bonchev–Trinajstić information content (AvgIpc) is 2.02. The third-order valence-electron chi connectivity index (χ3n) is 2.35. The van der Waals surface area contributed by atoms with Crippen LogP contribution in [-0.2, 0) is 5.41 Å². The molecule has 1 rings (SSSR count). The first-order valence-corrected chi connectivity index (χ1v) is 5.67. The molecule has 0 saturated heterocycles. The van der Waals surface area contributed by atoms with Gasteiger partial charge in [0.2, 0.25) is 0 Å². The Balaban J connectivity index is 3.20. The van der Waals surface area contributed by atoms with E-state index in [9.17, 15) is 0 Å². The minimum Gasteiger partial charge on any atom is -0.324 e. The normalized spacial score (nSPS) is 14.1. The SMILES string of the molecule is CC(N)c1cc(C(C)(C)C)ccc1Br. The molecule has 1 aromatic rings. The molecule has 0 aromatic heterocycles. The fourth-order valence-electron chi connectivity index (χ4n) is 1.36. The van der Waals surface area contributed by atoms with Gasteiger partial charge in [0.05, 0.1) is 0 Å². The molecule has 0 radical (unpaired) electrons. The van der Waals surface area contributed by atoms with Gasteiger partial charge < -0.3 is 5.73 Å². The van der Waals surface area contributed by atoms with Crippen LogP contribution in [-0.4, -0.2) is 0 Å². The topological polar surface area (TPSA) is 26.0 Å². The Morgan fingerprint density at radius 3 is 2.29 bits per heavy atom. The Bertz CT molecular complexity index is 324. The zero-order valence-corrected chi connectivity index (χ0v) is 10.9. The van der Waals surface area contributed by atoms with Crippen LogP contribution in [0.4, 0.5) is 0 Å². The first kappa shape index (κ1) is 11.7. The standard InChI is InChI=1S/C12H18BrN/c1-8(14)10-7-9(12(2,3)4)5-6-11(10)13/h5-8H,14H2,1-4H3. The summed E-state index contributed by atoms with van der Waals surface area (Å²) in [5.41, 5.74) is 8.59. The smallest absolute Gasteiger partial charge is 0.0277 e. The highest BCUT2D eigenvalue weighted by Crippen LogP contribution is 2.29. The Hall–Kier alpha value is -0.340. The molecule has 0 aliphatic carbocycles. The summed E-state index contributed by atoms with van der Waals surface area (Å²) in [7, 11) is 0. The van der Waals surface area contributed by atoms with Gasteiger partial charge in [-0.1, -0.05) is 48.8 Å². The van der Waals surface area contributed by atoms with Crippen LogP contribution in [0.1, 0.15) is 44.9 Å².